The Morgan fingerprint density at radius 3 is 2.46 bits per heavy atom. The summed E-state index contributed by atoms with van der Waals surface area (Å²) >= 11 is 1.03. The molecule has 0 aliphatic carbocycles. The maximum absolute atomic E-state index is 14.4. The van der Waals surface area contributed by atoms with Crippen molar-refractivity contribution in [3.05, 3.63) is 84.1 Å². The number of amides is 3. The predicted octanol–water partition coefficient (Wildman–Crippen LogP) is 6.69. The van der Waals surface area contributed by atoms with Gasteiger partial charge in [-0.05, 0) is 68.0 Å². The molecule has 0 spiro atoms. The van der Waals surface area contributed by atoms with E-state index in [9.17, 15) is 18.4 Å². The molecule has 2 heterocycles. The van der Waals surface area contributed by atoms with Crippen LogP contribution in [0.25, 0.3) is 10.9 Å². The molecule has 46 heavy (non-hydrogen) atoms. The van der Waals surface area contributed by atoms with Crippen LogP contribution in [-0.4, -0.2) is 65.9 Å². The summed E-state index contributed by atoms with van der Waals surface area (Å²) in [7, 11) is 1.60. The summed E-state index contributed by atoms with van der Waals surface area (Å²) in [5.41, 5.74) is 4.87. The maximum atomic E-state index is 14.4. The number of pyridine rings is 1. The van der Waals surface area contributed by atoms with Crippen LogP contribution in [0.15, 0.2) is 66.9 Å². The average molecular weight is 651 g/mol. The molecule has 1 unspecified atom stereocenters. The smallest absolute Gasteiger partial charge is 0.338 e. The summed E-state index contributed by atoms with van der Waals surface area (Å²) in [6, 6.07) is 15.3. The van der Waals surface area contributed by atoms with E-state index in [4.69, 9.17) is 9.47 Å². The summed E-state index contributed by atoms with van der Waals surface area (Å²) in [5, 5.41) is 6.79. The van der Waals surface area contributed by atoms with Gasteiger partial charge in [-0.1, -0.05) is 19.9 Å². The second-order valence-electron chi connectivity index (χ2n) is 10.4. The number of ether oxygens (including phenoxy) is 2. The lowest BCUT2D eigenvalue weighted by molar-refractivity contribution is -0.130. The van der Waals surface area contributed by atoms with Crippen molar-refractivity contribution in [1.29, 1.82) is 0 Å². The normalized spacial score (nSPS) is 14.5. The Morgan fingerprint density at radius 1 is 1.04 bits per heavy atom. The Bertz CT molecular complexity index is 1670. The third-order valence-electron chi connectivity index (χ3n) is 7.56. The number of carbonyl (C=O) groups excluding carboxylic acids is 2. The van der Waals surface area contributed by atoms with Crippen LogP contribution in [0.1, 0.15) is 31.2 Å². The number of thioether (sulfide) groups is 1. The lowest BCUT2D eigenvalue weighted by Gasteiger charge is -2.25. The molecular weight excluding hydrogens is 614 g/mol. The summed E-state index contributed by atoms with van der Waals surface area (Å²) in [5.74, 6) is -0.849. The van der Waals surface area contributed by atoms with Gasteiger partial charge < -0.3 is 25.0 Å². The number of hydrazine groups is 1. The predicted molar refractivity (Wildman–Crippen MR) is 176 cm³/mol. The highest BCUT2D eigenvalue weighted by atomic mass is 32.2. The highest BCUT2D eigenvalue weighted by Crippen LogP contribution is 2.40. The molecule has 1 aliphatic rings. The fraction of sp³-hybridized carbons (Fsp3) is 0.303. The Kier molecular flexibility index (Phi) is 10.8. The molecule has 1 aromatic heterocycles. The Labute approximate surface area is 270 Å². The van der Waals surface area contributed by atoms with Gasteiger partial charge in [0.2, 0.25) is 0 Å². The Hall–Kier alpha value is -4.62. The Balaban J connectivity index is 1.22. The van der Waals surface area contributed by atoms with Gasteiger partial charge in [0.15, 0.2) is 11.5 Å². The van der Waals surface area contributed by atoms with Gasteiger partial charge in [0.05, 0.1) is 30.5 Å². The van der Waals surface area contributed by atoms with Gasteiger partial charge in [-0.2, -0.15) is 0 Å². The van der Waals surface area contributed by atoms with Crippen LogP contribution in [0.2, 0.25) is 0 Å². The molecule has 3 amide bonds. The molecule has 1 aliphatic heterocycles. The van der Waals surface area contributed by atoms with Crippen molar-refractivity contribution in [3.8, 4) is 11.5 Å². The van der Waals surface area contributed by atoms with E-state index in [1.54, 1.807) is 37.6 Å². The van der Waals surface area contributed by atoms with Crippen LogP contribution in [0.5, 0.6) is 11.5 Å². The lowest BCUT2D eigenvalue weighted by Crippen LogP contribution is -2.46. The number of hydrogen-bond acceptors (Lipinski definition) is 8. The third-order valence-corrected chi connectivity index (χ3v) is 8.73. The number of halogens is 2. The zero-order valence-electron chi connectivity index (χ0n) is 25.8. The van der Waals surface area contributed by atoms with Gasteiger partial charge in [0, 0.05) is 41.3 Å². The molecule has 0 bridgehead atoms. The van der Waals surface area contributed by atoms with E-state index in [1.165, 1.54) is 6.07 Å². The van der Waals surface area contributed by atoms with E-state index in [-0.39, 0.29) is 11.3 Å². The topological polar surface area (TPSA) is 108 Å². The zero-order valence-corrected chi connectivity index (χ0v) is 26.6. The first kappa shape index (κ1) is 32.8. The first-order chi connectivity index (χ1) is 22.3. The fourth-order valence-corrected chi connectivity index (χ4v) is 6.26. The number of aromatic nitrogens is 1. The first-order valence-corrected chi connectivity index (χ1v) is 16.0. The molecule has 1 atom stereocenters. The van der Waals surface area contributed by atoms with Crippen molar-refractivity contribution in [2.24, 2.45) is 0 Å². The lowest BCUT2D eigenvalue weighted by atomic mass is 10.1. The van der Waals surface area contributed by atoms with E-state index in [1.807, 2.05) is 18.2 Å². The van der Waals surface area contributed by atoms with Crippen molar-refractivity contribution >= 4 is 51.7 Å². The van der Waals surface area contributed by atoms with Gasteiger partial charge in [-0.15, -0.1) is 11.8 Å². The molecule has 13 heteroatoms. The van der Waals surface area contributed by atoms with Crippen LogP contribution in [0.4, 0.5) is 30.6 Å². The van der Waals surface area contributed by atoms with E-state index >= 15 is 0 Å². The molecule has 1 saturated heterocycles. The molecule has 0 saturated carbocycles. The summed E-state index contributed by atoms with van der Waals surface area (Å²) in [6.45, 7) is 7.83. The van der Waals surface area contributed by atoms with Crippen molar-refractivity contribution in [3.63, 3.8) is 0 Å². The minimum Gasteiger partial charge on any atom is -0.493 e. The van der Waals surface area contributed by atoms with Crippen LogP contribution in [0, 0.1) is 11.6 Å². The van der Waals surface area contributed by atoms with Crippen LogP contribution >= 0.6 is 11.8 Å². The number of urea groups is 1. The summed E-state index contributed by atoms with van der Waals surface area (Å²) in [6.07, 6.45) is 2.61. The van der Waals surface area contributed by atoms with E-state index in [0.29, 0.717) is 23.8 Å². The molecule has 10 nitrogen and oxygen atoms in total. The number of fused-ring (bicyclic) bond motifs is 1. The van der Waals surface area contributed by atoms with Crippen LogP contribution in [0.3, 0.4) is 0 Å². The van der Waals surface area contributed by atoms with Crippen molar-refractivity contribution in [2.45, 2.75) is 25.6 Å². The molecule has 4 aromatic rings. The third kappa shape index (κ3) is 7.60. The fourth-order valence-electron chi connectivity index (χ4n) is 5.11. The number of carbonyl (C=O) groups is 2. The summed E-state index contributed by atoms with van der Waals surface area (Å²) in [4.78, 5) is 32.1. The largest absolute Gasteiger partial charge is 0.493 e. The molecule has 0 radical (unpaired) electrons. The van der Waals surface area contributed by atoms with Gasteiger partial charge in [0.25, 0.3) is 5.91 Å². The molecule has 5 rings (SSSR count). The number of benzene rings is 3. The average Bonchev–Trinajstić information content (AvgIpc) is 3.40. The number of hydrogen-bond donors (Lipinski definition) is 3. The Morgan fingerprint density at radius 2 is 1.76 bits per heavy atom. The van der Waals surface area contributed by atoms with Crippen LogP contribution < -0.4 is 25.5 Å². The van der Waals surface area contributed by atoms with Gasteiger partial charge in [-0.3, -0.25) is 9.78 Å². The number of anilines is 3. The molecule has 1 fully saturated rings. The maximum Gasteiger partial charge on any atom is 0.338 e. The quantitative estimate of drug-likeness (QED) is 0.138. The number of methoxy groups -OCH3 is 1. The van der Waals surface area contributed by atoms with E-state index < -0.39 is 28.9 Å². The van der Waals surface area contributed by atoms with Crippen molar-refractivity contribution < 1.29 is 27.8 Å². The minimum absolute atomic E-state index is 0.0278. The van der Waals surface area contributed by atoms with Gasteiger partial charge in [0.1, 0.15) is 17.0 Å². The van der Waals surface area contributed by atoms with Gasteiger partial charge >= 0.3 is 6.03 Å². The van der Waals surface area contributed by atoms with Crippen molar-refractivity contribution in [1.82, 2.24) is 20.3 Å². The number of rotatable bonds is 13. The van der Waals surface area contributed by atoms with E-state index in [2.05, 4.69) is 39.8 Å². The molecule has 242 valence electrons. The highest BCUT2D eigenvalue weighted by Gasteiger charge is 2.37. The van der Waals surface area contributed by atoms with E-state index in [0.717, 1.165) is 77.2 Å². The monoisotopic (exact) mass is 650 g/mol. The van der Waals surface area contributed by atoms with Crippen LogP contribution in [-0.2, 0) is 4.79 Å². The molecular formula is C33H36F2N6O4S. The minimum atomic E-state index is -1.03. The molecule has 3 N–H and O–H groups in total. The van der Waals surface area contributed by atoms with Crippen molar-refractivity contribution in [2.75, 3.05) is 49.7 Å². The summed E-state index contributed by atoms with van der Waals surface area (Å²) < 4.78 is 40.4. The zero-order chi connectivity index (χ0) is 32.6. The number of nitrogens with zero attached hydrogens (tertiary/aromatic N) is 3. The number of nitrogens with one attached hydrogen (secondary N) is 3. The molecule has 3 aromatic carbocycles. The van der Waals surface area contributed by atoms with Gasteiger partial charge in [-0.25, -0.2) is 24.0 Å². The highest BCUT2D eigenvalue weighted by molar-refractivity contribution is 8.00. The first-order valence-electron chi connectivity index (χ1n) is 15.0. The SMILES string of the molecule is CCN(CC)CCCOc1cc2nccc(Nc3ccc(NC(=O)NN4C(=O)CSC4c4c(F)cccc4F)cc3)c2cc1OC. The second-order valence-corrected chi connectivity index (χ2v) is 11.5. The standard InChI is InChI=1S/C33H36F2N6O4S/c1-4-40(5-2)16-7-17-45-29-19-27-23(18-28(29)44-3)26(14-15-36-27)37-21-10-12-22(13-11-21)38-33(43)39-41-30(42)20-46-32(41)31-24(34)8-6-9-25(31)35/h6,8-15,18-19,32H,4-5,7,16-17,20H2,1-3H3,(H,36,37)(H2,38,39,43). The second kappa shape index (κ2) is 15.1.